The third-order valence-electron chi connectivity index (χ3n) is 3.20. The Morgan fingerprint density at radius 1 is 1.19 bits per heavy atom. The van der Waals surface area contributed by atoms with E-state index < -0.39 is 9.84 Å². The van der Waals surface area contributed by atoms with Crippen LogP contribution in [0.4, 0.5) is 0 Å². The minimum absolute atomic E-state index is 0.344. The molecule has 114 valence electrons. The fraction of sp³-hybridized carbons (Fsp3) is 0.400. The summed E-state index contributed by atoms with van der Waals surface area (Å²) in [5, 5.41) is 3.97. The third-order valence-corrected chi connectivity index (χ3v) is 4.33. The van der Waals surface area contributed by atoms with Gasteiger partial charge in [-0.25, -0.2) is 8.42 Å². The number of hydrogen-bond acceptors (Lipinski definition) is 5. The van der Waals surface area contributed by atoms with Gasteiger partial charge < -0.3 is 4.52 Å². The highest BCUT2D eigenvalue weighted by atomic mass is 32.2. The Morgan fingerprint density at radius 2 is 1.86 bits per heavy atom. The Morgan fingerprint density at radius 3 is 2.38 bits per heavy atom. The Kier molecular flexibility index (Phi) is 4.80. The van der Waals surface area contributed by atoms with Gasteiger partial charge in [0.15, 0.2) is 15.6 Å². The molecule has 0 spiro atoms. The molecule has 2 rings (SSSR count). The van der Waals surface area contributed by atoms with Crippen molar-refractivity contribution in [2.45, 2.75) is 31.3 Å². The van der Waals surface area contributed by atoms with Crippen molar-refractivity contribution in [1.82, 2.24) is 10.1 Å². The molecule has 0 amide bonds. The molecule has 0 unspecified atom stereocenters. The van der Waals surface area contributed by atoms with Gasteiger partial charge in [0.05, 0.1) is 17.1 Å². The molecule has 5 nitrogen and oxygen atoms in total. The van der Waals surface area contributed by atoms with Crippen molar-refractivity contribution in [2.75, 3.05) is 13.3 Å². The summed E-state index contributed by atoms with van der Waals surface area (Å²) in [5.41, 5.74) is 2.01. The van der Waals surface area contributed by atoms with Crippen LogP contribution >= 0.6 is 0 Å². The second-order valence-corrected chi connectivity index (χ2v) is 7.24. The van der Waals surface area contributed by atoms with Gasteiger partial charge in [0.2, 0.25) is 0 Å². The molecule has 0 saturated heterocycles. The zero-order valence-electron chi connectivity index (χ0n) is 12.5. The van der Waals surface area contributed by atoms with Crippen LogP contribution in [0.15, 0.2) is 39.8 Å². The topological polar surface area (TPSA) is 63.4 Å². The van der Waals surface area contributed by atoms with Crippen molar-refractivity contribution in [3.63, 3.8) is 0 Å². The van der Waals surface area contributed by atoms with E-state index in [1.165, 1.54) is 6.26 Å². The summed E-state index contributed by atoms with van der Waals surface area (Å²) in [4.78, 5) is 2.44. The molecular formula is C15H20N2O3S. The normalized spacial score (nSPS) is 12.0. The molecule has 1 aromatic heterocycles. The highest BCUT2D eigenvalue weighted by Gasteiger charge is 2.09. The quantitative estimate of drug-likeness (QED) is 0.819. The molecule has 6 heteroatoms. The van der Waals surface area contributed by atoms with Gasteiger partial charge in [-0.3, -0.25) is 4.90 Å². The molecule has 0 atom stereocenters. The van der Waals surface area contributed by atoms with Gasteiger partial charge in [-0.15, -0.1) is 0 Å². The van der Waals surface area contributed by atoms with E-state index >= 15 is 0 Å². The molecule has 0 aliphatic heterocycles. The molecule has 21 heavy (non-hydrogen) atoms. The molecule has 0 aliphatic carbocycles. The lowest BCUT2D eigenvalue weighted by atomic mass is 10.2. The van der Waals surface area contributed by atoms with Gasteiger partial charge in [0, 0.05) is 18.9 Å². The lowest BCUT2D eigenvalue weighted by Gasteiger charge is -2.14. The van der Waals surface area contributed by atoms with E-state index in [2.05, 4.69) is 10.1 Å². The Bertz CT molecular complexity index is 690. The minimum Gasteiger partial charge on any atom is -0.360 e. The summed E-state index contributed by atoms with van der Waals surface area (Å²) in [6.45, 7) is 3.42. The first kappa shape index (κ1) is 15.7. The number of aromatic nitrogens is 1. The lowest BCUT2D eigenvalue weighted by Crippen LogP contribution is -2.16. The summed E-state index contributed by atoms with van der Waals surface area (Å²) in [6.07, 6.45) is 2.07. The van der Waals surface area contributed by atoms with Gasteiger partial charge >= 0.3 is 0 Å². The van der Waals surface area contributed by atoms with Crippen molar-refractivity contribution in [2.24, 2.45) is 0 Å². The first-order valence-corrected chi connectivity index (χ1v) is 8.69. The molecule has 0 N–H and O–H groups in total. The summed E-state index contributed by atoms with van der Waals surface area (Å²) in [7, 11) is -1.15. The van der Waals surface area contributed by atoms with Gasteiger partial charge in [0.1, 0.15) is 0 Å². The van der Waals surface area contributed by atoms with Gasteiger partial charge in [0.25, 0.3) is 0 Å². The fourth-order valence-corrected chi connectivity index (χ4v) is 2.70. The summed E-state index contributed by atoms with van der Waals surface area (Å²) < 4.78 is 28.1. The van der Waals surface area contributed by atoms with Gasteiger partial charge in [-0.2, -0.15) is 0 Å². The molecule has 0 fully saturated rings. The van der Waals surface area contributed by atoms with E-state index in [0.29, 0.717) is 18.0 Å². The van der Waals surface area contributed by atoms with Crippen molar-refractivity contribution in [3.05, 3.63) is 47.3 Å². The molecule has 2 aromatic rings. The number of rotatable bonds is 6. The van der Waals surface area contributed by atoms with E-state index in [-0.39, 0.29) is 0 Å². The minimum atomic E-state index is -3.13. The predicted octanol–water partition coefficient (Wildman–Crippen LogP) is 2.27. The number of hydrogen-bond donors (Lipinski definition) is 0. The van der Waals surface area contributed by atoms with E-state index in [9.17, 15) is 8.42 Å². The SMILES string of the molecule is CCc1cc(CN(C)Cc2ccc(S(C)(=O)=O)cc2)on1. The highest BCUT2D eigenvalue weighted by Crippen LogP contribution is 2.13. The average molecular weight is 308 g/mol. The number of benzene rings is 1. The van der Waals surface area contributed by atoms with Crippen molar-refractivity contribution in [3.8, 4) is 0 Å². The van der Waals surface area contributed by atoms with Crippen LogP contribution in [0.2, 0.25) is 0 Å². The molecule has 0 aliphatic rings. The second-order valence-electron chi connectivity index (χ2n) is 5.23. The zero-order chi connectivity index (χ0) is 15.5. The maximum atomic E-state index is 11.4. The fourth-order valence-electron chi connectivity index (χ4n) is 2.07. The van der Waals surface area contributed by atoms with E-state index in [4.69, 9.17) is 4.52 Å². The van der Waals surface area contributed by atoms with Crippen molar-refractivity contribution < 1.29 is 12.9 Å². The molecule has 1 aromatic carbocycles. The average Bonchev–Trinajstić information content (AvgIpc) is 2.85. The van der Waals surface area contributed by atoms with Crippen LogP contribution in [-0.2, 0) is 29.3 Å². The lowest BCUT2D eigenvalue weighted by molar-refractivity contribution is 0.266. The zero-order valence-corrected chi connectivity index (χ0v) is 13.4. The van der Waals surface area contributed by atoms with Gasteiger partial charge in [-0.1, -0.05) is 24.2 Å². The predicted molar refractivity (Wildman–Crippen MR) is 80.6 cm³/mol. The van der Waals surface area contributed by atoms with Crippen LogP contribution in [0.5, 0.6) is 0 Å². The van der Waals surface area contributed by atoms with E-state index in [1.54, 1.807) is 12.1 Å². The van der Waals surface area contributed by atoms with Crippen molar-refractivity contribution in [1.29, 1.82) is 0 Å². The van der Waals surface area contributed by atoms with Crippen molar-refractivity contribution >= 4 is 9.84 Å². The van der Waals surface area contributed by atoms with Crippen LogP contribution in [-0.4, -0.2) is 31.8 Å². The molecule has 1 heterocycles. The van der Waals surface area contributed by atoms with Gasteiger partial charge in [-0.05, 0) is 31.2 Å². The number of aryl methyl sites for hydroxylation is 1. The first-order chi connectivity index (χ1) is 9.88. The third kappa shape index (κ3) is 4.41. The Labute approximate surface area is 125 Å². The molecule has 0 saturated carbocycles. The maximum absolute atomic E-state index is 11.4. The van der Waals surface area contributed by atoms with Crippen LogP contribution in [0.25, 0.3) is 0 Å². The van der Waals surface area contributed by atoms with Crippen LogP contribution in [0.3, 0.4) is 0 Å². The molecular weight excluding hydrogens is 288 g/mol. The first-order valence-electron chi connectivity index (χ1n) is 6.80. The highest BCUT2D eigenvalue weighted by molar-refractivity contribution is 7.90. The number of sulfone groups is 1. The standard InChI is InChI=1S/C15H20N2O3S/c1-4-13-9-14(20-16-13)11-17(2)10-12-5-7-15(8-6-12)21(3,18)19/h5-9H,4,10-11H2,1-3H3. The summed E-state index contributed by atoms with van der Waals surface area (Å²) in [5.74, 6) is 0.835. The Balaban J connectivity index is 1.97. The van der Waals surface area contributed by atoms with Crippen LogP contribution in [0.1, 0.15) is 23.9 Å². The molecule has 0 radical (unpaired) electrons. The van der Waals surface area contributed by atoms with Crippen LogP contribution < -0.4 is 0 Å². The smallest absolute Gasteiger partial charge is 0.175 e. The summed E-state index contributed by atoms with van der Waals surface area (Å²) >= 11 is 0. The van der Waals surface area contributed by atoms with E-state index in [1.807, 2.05) is 32.2 Å². The maximum Gasteiger partial charge on any atom is 0.175 e. The summed E-state index contributed by atoms with van der Waals surface area (Å²) in [6, 6.07) is 8.92. The van der Waals surface area contributed by atoms with Crippen LogP contribution in [0, 0.1) is 0 Å². The molecule has 0 bridgehead atoms. The van der Waals surface area contributed by atoms with E-state index in [0.717, 1.165) is 23.4 Å². The Hall–Kier alpha value is -1.66. The second kappa shape index (κ2) is 6.41. The largest absolute Gasteiger partial charge is 0.360 e. The monoisotopic (exact) mass is 308 g/mol. The number of nitrogens with zero attached hydrogens (tertiary/aromatic N) is 2.